The summed E-state index contributed by atoms with van der Waals surface area (Å²) in [5, 5.41) is 7.37. The lowest BCUT2D eigenvalue weighted by molar-refractivity contribution is 0.291. The zero-order valence-corrected chi connectivity index (χ0v) is 14.5. The van der Waals surface area contributed by atoms with Crippen molar-refractivity contribution in [3.63, 3.8) is 0 Å². The summed E-state index contributed by atoms with van der Waals surface area (Å²) in [6, 6.07) is 5.14. The summed E-state index contributed by atoms with van der Waals surface area (Å²) in [4.78, 5) is 0. The molecular formula is C16H10F6N4OS. The Hall–Kier alpha value is -2.89. The van der Waals surface area contributed by atoms with Gasteiger partial charge in [-0.2, -0.15) is 0 Å². The van der Waals surface area contributed by atoms with E-state index in [-0.39, 0.29) is 17.6 Å². The van der Waals surface area contributed by atoms with E-state index in [4.69, 9.17) is 10.6 Å². The molecule has 2 aromatic carbocycles. The number of nitrogens with zero attached hydrogens (tertiary/aromatic N) is 3. The fourth-order valence-electron chi connectivity index (χ4n) is 2.10. The molecule has 0 radical (unpaired) electrons. The molecule has 0 aliphatic heterocycles. The average Bonchev–Trinajstić information content (AvgIpc) is 3.04. The lowest BCUT2D eigenvalue weighted by Crippen LogP contribution is -2.16. The third kappa shape index (κ3) is 3.86. The van der Waals surface area contributed by atoms with Gasteiger partial charge in [-0.05, 0) is 24.3 Å². The standard InChI is InChI=1S/C16H10F6N4OS/c17-7-1-3-8(4-2-7)27-5-10-24-25-16(26(10)23)28-6-9-11(18)13(20)15(22)14(21)12(9)19/h1-4H,5-6,23H2. The Morgan fingerprint density at radius 1 is 0.857 bits per heavy atom. The summed E-state index contributed by atoms with van der Waals surface area (Å²) in [6.45, 7) is -0.155. The smallest absolute Gasteiger partial charge is 0.210 e. The van der Waals surface area contributed by atoms with Gasteiger partial charge in [0.25, 0.3) is 0 Å². The van der Waals surface area contributed by atoms with Gasteiger partial charge in [-0.15, -0.1) is 10.2 Å². The molecule has 0 bridgehead atoms. The zero-order valence-electron chi connectivity index (χ0n) is 13.7. The van der Waals surface area contributed by atoms with Crippen LogP contribution in [0, 0.1) is 34.9 Å². The lowest BCUT2D eigenvalue weighted by Gasteiger charge is -2.08. The number of nitrogen functional groups attached to an aromatic ring is 1. The van der Waals surface area contributed by atoms with Crippen LogP contribution >= 0.6 is 11.8 Å². The topological polar surface area (TPSA) is 66.0 Å². The maximum atomic E-state index is 13.7. The first-order chi connectivity index (χ1) is 13.3. The molecule has 0 amide bonds. The molecule has 0 fully saturated rings. The van der Waals surface area contributed by atoms with Gasteiger partial charge in [-0.1, -0.05) is 11.8 Å². The van der Waals surface area contributed by atoms with Crippen LogP contribution in [0.15, 0.2) is 29.4 Å². The second-order valence-electron chi connectivity index (χ2n) is 5.35. The van der Waals surface area contributed by atoms with Crippen molar-refractivity contribution in [3.05, 3.63) is 70.6 Å². The molecule has 3 rings (SSSR count). The van der Waals surface area contributed by atoms with Gasteiger partial charge in [0.1, 0.15) is 18.2 Å². The summed E-state index contributed by atoms with van der Waals surface area (Å²) < 4.78 is 86.0. The molecule has 148 valence electrons. The van der Waals surface area contributed by atoms with E-state index in [2.05, 4.69) is 10.2 Å². The molecule has 0 saturated heterocycles. The first kappa shape index (κ1) is 19.9. The minimum absolute atomic E-state index is 0.0401. The highest BCUT2D eigenvalue weighted by Crippen LogP contribution is 2.28. The summed E-state index contributed by atoms with van der Waals surface area (Å²) in [7, 11) is 0. The highest BCUT2D eigenvalue weighted by molar-refractivity contribution is 7.98. The number of thioether (sulfide) groups is 1. The predicted octanol–water partition coefficient (Wildman–Crippen LogP) is 3.70. The van der Waals surface area contributed by atoms with Crippen LogP contribution in [0.25, 0.3) is 0 Å². The predicted molar refractivity (Wildman–Crippen MR) is 86.7 cm³/mol. The van der Waals surface area contributed by atoms with E-state index in [0.717, 1.165) is 4.68 Å². The number of benzene rings is 2. The molecule has 0 atom stereocenters. The van der Waals surface area contributed by atoms with Gasteiger partial charge in [0.05, 0.1) is 0 Å². The van der Waals surface area contributed by atoms with Crippen LogP contribution in [0.4, 0.5) is 26.3 Å². The third-order valence-corrected chi connectivity index (χ3v) is 4.53. The second kappa shape index (κ2) is 8.00. The molecular weight excluding hydrogens is 410 g/mol. The van der Waals surface area contributed by atoms with Crippen LogP contribution in [-0.2, 0) is 12.4 Å². The molecule has 0 aliphatic carbocycles. The highest BCUT2D eigenvalue weighted by atomic mass is 32.2. The second-order valence-corrected chi connectivity index (χ2v) is 6.29. The Labute approximate surface area is 158 Å². The van der Waals surface area contributed by atoms with Crippen LogP contribution < -0.4 is 10.6 Å². The molecule has 12 heteroatoms. The molecule has 28 heavy (non-hydrogen) atoms. The van der Waals surface area contributed by atoms with E-state index in [0.29, 0.717) is 17.5 Å². The number of aromatic nitrogens is 3. The minimum Gasteiger partial charge on any atom is -0.486 e. The fraction of sp³-hybridized carbons (Fsp3) is 0.125. The van der Waals surface area contributed by atoms with Gasteiger partial charge >= 0.3 is 0 Å². The van der Waals surface area contributed by atoms with Crippen molar-refractivity contribution in [1.82, 2.24) is 14.9 Å². The largest absolute Gasteiger partial charge is 0.486 e. The zero-order chi connectivity index (χ0) is 20.4. The van der Waals surface area contributed by atoms with Crippen LogP contribution in [0.5, 0.6) is 5.75 Å². The average molecular weight is 420 g/mol. The summed E-state index contributed by atoms with van der Waals surface area (Å²) in [6.07, 6.45) is 0. The Morgan fingerprint density at radius 2 is 1.43 bits per heavy atom. The van der Waals surface area contributed by atoms with Gasteiger partial charge in [0.15, 0.2) is 29.1 Å². The molecule has 0 spiro atoms. The van der Waals surface area contributed by atoms with Crippen molar-refractivity contribution < 1.29 is 31.1 Å². The minimum atomic E-state index is -2.23. The molecule has 0 saturated carbocycles. The number of hydrogen-bond acceptors (Lipinski definition) is 5. The van der Waals surface area contributed by atoms with E-state index in [9.17, 15) is 26.3 Å². The van der Waals surface area contributed by atoms with Crippen molar-refractivity contribution in [2.24, 2.45) is 0 Å². The van der Waals surface area contributed by atoms with E-state index in [1.165, 1.54) is 24.3 Å². The van der Waals surface area contributed by atoms with Gasteiger partial charge in [-0.3, -0.25) is 0 Å². The highest BCUT2D eigenvalue weighted by Gasteiger charge is 2.26. The van der Waals surface area contributed by atoms with Crippen LogP contribution in [0.2, 0.25) is 0 Å². The van der Waals surface area contributed by atoms with Gasteiger partial charge in [0, 0.05) is 11.3 Å². The number of rotatable bonds is 6. The first-order valence-corrected chi connectivity index (χ1v) is 8.49. The Kier molecular flexibility index (Phi) is 5.68. The van der Waals surface area contributed by atoms with Crippen molar-refractivity contribution in [1.29, 1.82) is 0 Å². The van der Waals surface area contributed by atoms with Crippen LogP contribution in [0.3, 0.4) is 0 Å². The van der Waals surface area contributed by atoms with Crippen molar-refractivity contribution in [2.75, 3.05) is 5.84 Å². The van der Waals surface area contributed by atoms with E-state index in [1.807, 2.05) is 0 Å². The van der Waals surface area contributed by atoms with Crippen LogP contribution in [-0.4, -0.2) is 14.9 Å². The number of nitrogens with two attached hydrogens (primary N) is 1. The van der Waals surface area contributed by atoms with E-state index in [1.54, 1.807) is 0 Å². The quantitative estimate of drug-likeness (QED) is 0.217. The SMILES string of the molecule is Nn1c(COc2ccc(F)cc2)nnc1SCc1c(F)c(F)c(F)c(F)c1F. The third-order valence-electron chi connectivity index (χ3n) is 3.56. The van der Waals surface area contributed by atoms with Gasteiger partial charge < -0.3 is 10.6 Å². The Morgan fingerprint density at radius 3 is 2.04 bits per heavy atom. The lowest BCUT2D eigenvalue weighted by atomic mass is 10.2. The fourth-order valence-corrected chi connectivity index (χ4v) is 2.97. The number of ether oxygens (including phenoxy) is 1. The Balaban J connectivity index is 1.71. The maximum absolute atomic E-state index is 13.7. The van der Waals surface area contributed by atoms with Crippen molar-refractivity contribution >= 4 is 11.8 Å². The summed E-state index contributed by atoms with van der Waals surface area (Å²) in [5.74, 6) is -5.01. The molecule has 1 heterocycles. The first-order valence-electron chi connectivity index (χ1n) is 7.50. The van der Waals surface area contributed by atoms with E-state index < -0.39 is 46.2 Å². The Bertz CT molecular complexity index is 982. The summed E-state index contributed by atoms with van der Waals surface area (Å²) in [5.41, 5.74) is -1.01. The summed E-state index contributed by atoms with van der Waals surface area (Å²) >= 11 is 0.620. The van der Waals surface area contributed by atoms with Crippen LogP contribution in [0.1, 0.15) is 11.4 Å². The number of hydrogen-bond donors (Lipinski definition) is 1. The van der Waals surface area contributed by atoms with Crippen molar-refractivity contribution in [3.8, 4) is 5.75 Å². The number of halogens is 6. The van der Waals surface area contributed by atoms with Gasteiger partial charge in [-0.25, -0.2) is 31.0 Å². The van der Waals surface area contributed by atoms with E-state index >= 15 is 0 Å². The molecule has 2 N–H and O–H groups in total. The van der Waals surface area contributed by atoms with Crippen molar-refractivity contribution in [2.45, 2.75) is 17.5 Å². The maximum Gasteiger partial charge on any atom is 0.210 e. The van der Waals surface area contributed by atoms with Gasteiger partial charge in [0.2, 0.25) is 11.0 Å². The molecule has 5 nitrogen and oxygen atoms in total. The molecule has 0 unspecified atom stereocenters. The molecule has 1 aromatic heterocycles. The molecule has 0 aliphatic rings. The monoisotopic (exact) mass is 420 g/mol. The molecule has 3 aromatic rings. The normalized spacial score (nSPS) is 11.1.